The molecule has 2 amide bonds. The molecule has 1 aromatic heterocycles. The monoisotopic (exact) mass is 427 g/mol. The fraction of sp³-hybridized carbons (Fsp3) is 0.182. The highest BCUT2D eigenvalue weighted by Gasteiger charge is 2.13. The van der Waals surface area contributed by atoms with E-state index in [0.29, 0.717) is 26.8 Å². The van der Waals surface area contributed by atoms with E-state index in [1.807, 2.05) is 43.7 Å². The largest absolute Gasteiger partial charge is 0.322 e. The smallest absolute Gasteiger partial charge is 0.265 e. The molecule has 29 heavy (non-hydrogen) atoms. The summed E-state index contributed by atoms with van der Waals surface area (Å²) in [6.45, 7) is 0.969. The zero-order chi connectivity index (χ0) is 20.8. The van der Waals surface area contributed by atoms with Gasteiger partial charge in [0.15, 0.2) is 0 Å². The van der Waals surface area contributed by atoms with Gasteiger partial charge in [-0.25, -0.2) is 0 Å². The molecule has 0 fully saturated rings. The molecule has 0 saturated heterocycles. The molecule has 3 rings (SSSR count). The number of amides is 2. The standard InChI is InChI=1S/C22H22ClN3O2S/c1-26(2)12-11-15-5-8-17(9-6-15)24-21(27)16-7-10-18(23)19(14-16)25-22(28)20-4-3-13-29-20/h3-10,13-14H,11-12H2,1-2H3,(H,24,27)(H,25,28). The summed E-state index contributed by atoms with van der Waals surface area (Å²) in [6.07, 6.45) is 0.950. The number of halogens is 1. The van der Waals surface area contributed by atoms with Crippen molar-refractivity contribution < 1.29 is 9.59 Å². The maximum absolute atomic E-state index is 12.6. The van der Waals surface area contributed by atoms with E-state index in [9.17, 15) is 9.59 Å². The Morgan fingerprint density at radius 3 is 2.41 bits per heavy atom. The predicted molar refractivity (Wildman–Crippen MR) is 120 cm³/mol. The van der Waals surface area contributed by atoms with E-state index in [4.69, 9.17) is 11.6 Å². The van der Waals surface area contributed by atoms with E-state index >= 15 is 0 Å². The summed E-state index contributed by atoms with van der Waals surface area (Å²) in [4.78, 5) is 27.6. The van der Waals surface area contributed by atoms with Crippen LogP contribution in [0, 0.1) is 0 Å². The third-order valence-electron chi connectivity index (χ3n) is 4.28. The Hall–Kier alpha value is -2.67. The number of nitrogens with zero attached hydrogens (tertiary/aromatic N) is 1. The lowest BCUT2D eigenvalue weighted by Crippen LogP contribution is -2.15. The van der Waals surface area contributed by atoms with Gasteiger partial charge < -0.3 is 15.5 Å². The van der Waals surface area contributed by atoms with E-state index in [2.05, 4.69) is 15.5 Å². The van der Waals surface area contributed by atoms with Crippen molar-refractivity contribution in [2.45, 2.75) is 6.42 Å². The highest BCUT2D eigenvalue weighted by Crippen LogP contribution is 2.25. The molecule has 0 spiro atoms. The van der Waals surface area contributed by atoms with E-state index in [-0.39, 0.29) is 11.8 Å². The number of rotatable bonds is 7. The van der Waals surface area contributed by atoms with Gasteiger partial charge in [0, 0.05) is 17.8 Å². The van der Waals surface area contributed by atoms with Crippen LogP contribution in [0.3, 0.4) is 0 Å². The highest BCUT2D eigenvalue weighted by molar-refractivity contribution is 7.12. The Morgan fingerprint density at radius 2 is 1.76 bits per heavy atom. The number of nitrogens with one attached hydrogen (secondary N) is 2. The molecule has 7 heteroatoms. The zero-order valence-electron chi connectivity index (χ0n) is 16.2. The van der Waals surface area contributed by atoms with Crippen LogP contribution in [-0.2, 0) is 6.42 Å². The number of hydrogen-bond donors (Lipinski definition) is 2. The molecule has 5 nitrogen and oxygen atoms in total. The van der Waals surface area contributed by atoms with Crippen molar-refractivity contribution in [3.63, 3.8) is 0 Å². The van der Waals surface area contributed by atoms with Gasteiger partial charge in [0.05, 0.1) is 15.6 Å². The van der Waals surface area contributed by atoms with Gasteiger partial charge >= 0.3 is 0 Å². The second-order valence-corrected chi connectivity index (χ2v) is 8.19. The summed E-state index contributed by atoms with van der Waals surface area (Å²) in [6, 6.07) is 16.1. The van der Waals surface area contributed by atoms with E-state index in [1.165, 1.54) is 16.9 Å². The van der Waals surface area contributed by atoms with Gasteiger partial charge in [0.25, 0.3) is 11.8 Å². The minimum atomic E-state index is -0.269. The molecule has 2 N–H and O–H groups in total. The van der Waals surface area contributed by atoms with Gasteiger partial charge in [0.1, 0.15) is 0 Å². The van der Waals surface area contributed by atoms with Crippen LogP contribution in [0.5, 0.6) is 0 Å². The average molecular weight is 428 g/mol. The molecule has 0 saturated carbocycles. The summed E-state index contributed by atoms with van der Waals surface area (Å²) < 4.78 is 0. The van der Waals surface area contributed by atoms with Crippen molar-refractivity contribution in [3.8, 4) is 0 Å². The number of carbonyl (C=O) groups excluding carboxylic acids is 2. The second kappa shape index (κ2) is 9.69. The molecular weight excluding hydrogens is 406 g/mol. The lowest BCUT2D eigenvalue weighted by molar-refractivity contribution is 0.101. The summed E-state index contributed by atoms with van der Waals surface area (Å²) in [5, 5.41) is 7.83. The van der Waals surface area contributed by atoms with Crippen molar-refractivity contribution in [2.75, 3.05) is 31.3 Å². The molecular formula is C22H22ClN3O2S. The van der Waals surface area contributed by atoms with Crippen molar-refractivity contribution in [3.05, 3.63) is 81.0 Å². The highest BCUT2D eigenvalue weighted by atomic mass is 35.5. The van der Waals surface area contributed by atoms with Crippen LogP contribution >= 0.6 is 22.9 Å². The Balaban J connectivity index is 1.67. The van der Waals surface area contributed by atoms with Gasteiger partial charge in [0.2, 0.25) is 0 Å². The molecule has 0 unspecified atom stereocenters. The summed E-state index contributed by atoms with van der Waals surface area (Å²) >= 11 is 7.53. The second-order valence-electron chi connectivity index (χ2n) is 6.83. The summed E-state index contributed by atoms with van der Waals surface area (Å²) in [5.74, 6) is -0.526. The van der Waals surface area contributed by atoms with Crippen LogP contribution in [0.25, 0.3) is 0 Å². The van der Waals surface area contributed by atoms with Crippen LogP contribution in [0.2, 0.25) is 5.02 Å². The van der Waals surface area contributed by atoms with Crippen molar-refractivity contribution in [2.24, 2.45) is 0 Å². The van der Waals surface area contributed by atoms with Crippen LogP contribution in [-0.4, -0.2) is 37.4 Å². The summed E-state index contributed by atoms with van der Waals surface area (Å²) in [5.41, 5.74) is 2.73. The number of carbonyl (C=O) groups is 2. The van der Waals surface area contributed by atoms with Crippen LogP contribution in [0.15, 0.2) is 60.0 Å². The molecule has 0 aliphatic carbocycles. The van der Waals surface area contributed by atoms with E-state index in [0.717, 1.165) is 13.0 Å². The van der Waals surface area contributed by atoms with Gasteiger partial charge in [-0.3, -0.25) is 9.59 Å². The lowest BCUT2D eigenvalue weighted by atomic mass is 10.1. The zero-order valence-corrected chi connectivity index (χ0v) is 17.8. The number of benzene rings is 2. The van der Waals surface area contributed by atoms with E-state index in [1.54, 1.807) is 30.3 Å². The van der Waals surface area contributed by atoms with Crippen molar-refractivity contribution >= 4 is 46.1 Å². The Labute approximate surface area is 179 Å². The normalized spacial score (nSPS) is 10.8. The Kier molecular flexibility index (Phi) is 7.04. The van der Waals surface area contributed by atoms with Gasteiger partial charge in [-0.2, -0.15) is 0 Å². The lowest BCUT2D eigenvalue weighted by Gasteiger charge is -2.11. The topological polar surface area (TPSA) is 61.4 Å². The first-order valence-corrected chi connectivity index (χ1v) is 10.4. The van der Waals surface area contributed by atoms with Crippen molar-refractivity contribution in [1.82, 2.24) is 4.90 Å². The molecule has 0 radical (unpaired) electrons. The molecule has 1 heterocycles. The average Bonchev–Trinajstić information content (AvgIpc) is 3.24. The maximum atomic E-state index is 12.6. The molecule has 2 aromatic carbocycles. The van der Waals surface area contributed by atoms with Gasteiger partial charge in [-0.1, -0.05) is 29.8 Å². The third-order valence-corrected chi connectivity index (χ3v) is 5.48. The SMILES string of the molecule is CN(C)CCc1ccc(NC(=O)c2ccc(Cl)c(NC(=O)c3cccs3)c2)cc1. The summed E-state index contributed by atoms with van der Waals surface area (Å²) in [7, 11) is 4.08. The van der Waals surface area contributed by atoms with Crippen LogP contribution in [0.4, 0.5) is 11.4 Å². The number of likely N-dealkylation sites (N-methyl/N-ethyl adjacent to an activating group) is 1. The quantitative estimate of drug-likeness (QED) is 0.557. The minimum absolute atomic E-state index is 0.257. The number of anilines is 2. The molecule has 150 valence electrons. The van der Waals surface area contributed by atoms with E-state index < -0.39 is 0 Å². The first-order chi connectivity index (χ1) is 13.9. The molecule has 3 aromatic rings. The van der Waals surface area contributed by atoms with Crippen molar-refractivity contribution in [1.29, 1.82) is 0 Å². The number of thiophene rings is 1. The minimum Gasteiger partial charge on any atom is -0.322 e. The van der Waals surface area contributed by atoms with Gasteiger partial charge in [-0.15, -0.1) is 11.3 Å². The molecule has 0 bridgehead atoms. The third kappa shape index (κ3) is 5.90. The molecule has 0 atom stereocenters. The van der Waals surface area contributed by atoms with Gasteiger partial charge in [-0.05, 0) is 67.9 Å². The van der Waals surface area contributed by atoms with Crippen LogP contribution < -0.4 is 10.6 Å². The fourth-order valence-corrected chi connectivity index (χ4v) is 3.45. The Morgan fingerprint density at radius 1 is 1.00 bits per heavy atom. The van der Waals surface area contributed by atoms with Crippen LogP contribution in [0.1, 0.15) is 25.6 Å². The molecule has 0 aliphatic heterocycles. The first kappa shape index (κ1) is 21.0. The fourth-order valence-electron chi connectivity index (χ4n) is 2.66. The number of hydrogen-bond acceptors (Lipinski definition) is 4. The molecule has 0 aliphatic rings. The Bertz CT molecular complexity index is 986. The first-order valence-electron chi connectivity index (χ1n) is 9.12. The predicted octanol–water partition coefficient (Wildman–Crippen LogP) is 5.01. The maximum Gasteiger partial charge on any atom is 0.265 e.